The largest absolute Gasteiger partial charge is 0.490 e. The number of aromatic nitrogens is 2. The van der Waals surface area contributed by atoms with Crippen LogP contribution >= 0.6 is 23.2 Å². The minimum absolute atomic E-state index is 0.0909. The molecule has 1 saturated carbocycles. The zero-order chi connectivity index (χ0) is 29.4. The molecular weight excluding hydrogens is 570 g/mol. The van der Waals surface area contributed by atoms with Crippen LogP contribution in [-0.4, -0.2) is 59.8 Å². The Kier molecular flexibility index (Phi) is 10.8. The van der Waals surface area contributed by atoms with E-state index in [4.69, 9.17) is 43.1 Å². The molecule has 0 aliphatic heterocycles. The fourth-order valence-electron chi connectivity index (χ4n) is 4.31. The number of hydrogen-bond donors (Lipinski definition) is 3. The molecular formula is C27H30Cl2F3N5O3. The highest BCUT2D eigenvalue weighted by Crippen LogP contribution is 2.29. The van der Waals surface area contributed by atoms with Crippen molar-refractivity contribution in [2.24, 2.45) is 5.92 Å². The Labute approximate surface area is 239 Å². The third-order valence-electron chi connectivity index (χ3n) is 6.38. The van der Waals surface area contributed by atoms with E-state index >= 15 is 0 Å². The second kappa shape index (κ2) is 13.8. The van der Waals surface area contributed by atoms with Gasteiger partial charge >= 0.3 is 12.1 Å². The first-order valence-electron chi connectivity index (χ1n) is 12.5. The van der Waals surface area contributed by atoms with Crippen molar-refractivity contribution in [1.29, 1.82) is 0 Å². The van der Waals surface area contributed by atoms with Crippen molar-refractivity contribution in [3.63, 3.8) is 0 Å². The van der Waals surface area contributed by atoms with Gasteiger partial charge in [-0.25, -0.2) is 9.78 Å². The van der Waals surface area contributed by atoms with Crippen LogP contribution in [-0.2, 0) is 4.79 Å². The number of amides is 1. The van der Waals surface area contributed by atoms with Gasteiger partial charge in [0.05, 0.1) is 5.52 Å². The molecule has 0 bridgehead atoms. The van der Waals surface area contributed by atoms with E-state index in [0.29, 0.717) is 30.0 Å². The van der Waals surface area contributed by atoms with Crippen LogP contribution in [0.5, 0.6) is 0 Å². The molecule has 13 heteroatoms. The van der Waals surface area contributed by atoms with Crippen molar-refractivity contribution in [1.82, 2.24) is 15.3 Å². The zero-order valence-electron chi connectivity index (χ0n) is 21.9. The molecule has 40 heavy (non-hydrogen) atoms. The highest BCUT2D eigenvalue weighted by Gasteiger charge is 2.38. The zero-order valence-corrected chi connectivity index (χ0v) is 23.4. The van der Waals surface area contributed by atoms with Gasteiger partial charge in [-0.15, -0.1) is 23.2 Å². The van der Waals surface area contributed by atoms with Gasteiger partial charge in [0, 0.05) is 37.6 Å². The number of anilines is 2. The van der Waals surface area contributed by atoms with E-state index < -0.39 is 17.0 Å². The molecule has 1 aromatic heterocycles. The summed E-state index contributed by atoms with van der Waals surface area (Å²) in [5, 5.41) is 14.8. The summed E-state index contributed by atoms with van der Waals surface area (Å²) in [6, 6.07) is 15.5. The number of para-hydroxylation sites is 1. The van der Waals surface area contributed by atoms with Gasteiger partial charge in [0.2, 0.25) is 5.95 Å². The number of benzene rings is 2. The Bertz CT molecular complexity index is 1320. The average Bonchev–Trinajstić information content (AvgIpc) is 2.92. The number of carboxylic acids is 1. The van der Waals surface area contributed by atoms with Crippen LogP contribution in [0.4, 0.5) is 24.9 Å². The van der Waals surface area contributed by atoms with Crippen molar-refractivity contribution < 1.29 is 27.9 Å². The van der Waals surface area contributed by atoms with Gasteiger partial charge in [0.25, 0.3) is 5.91 Å². The predicted molar refractivity (Wildman–Crippen MR) is 150 cm³/mol. The number of alkyl halides is 5. The van der Waals surface area contributed by atoms with E-state index in [2.05, 4.69) is 10.6 Å². The number of carboxylic acid groups (broad SMARTS) is 1. The van der Waals surface area contributed by atoms with Crippen LogP contribution in [0, 0.1) is 5.92 Å². The molecule has 0 unspecified atom stereocenters. The topological polar surface area (TPSA) is 107 Å². The Morgan fingerprint density at radius 3 is 2.30 bits per heavy atom. The Morgan fingerprint density at radius 1 is 1.05 bits per heavy atom. The molecule has 0 radical (unpaired) electrons. The normalized spacial score (nSPS) is 17.1. The van der Waals surface area contributed by atoms with E-state index in [1.54, 1.807) is 18.2 Å². The SMILES string of the molecule is CN(C)c1nc(NC2CCC(CNC(=O)c3cccc(C(Cl)Cl)c3)CC2)nc2ccccc12.O=C(O)C(F)(F)F. The van der Waals surface area contributed by atoms with E-state index in [0.717, 1.165) is 48.0 Å². The molecule has 3 aromatic rings. The molecule has 1 heterocycles. The summed E-state index contributed by atoms with van der Waals surface area (Å²) < 4.78 is 31.7. The molecule has 0 atom stereocenters. The molecule has 216 valence electrons. The number of nitrogens with one attached hydrogen (secondary N) is 2. The summed E-state index contributed by atoms with van der Waals surface area (Å²) in [6.07, 6.45) is -0.970. The van der Waals surface area contributed by atoms with Gasteiger partial charge in [-0.3, -0.25) is 4.79 Å². The minimum Gasteiger partial charge on any atom is -0.475 e. The third kappa shape index (κ3) is 8.85. The van der Waals surface area contributed by atoms with Gasteiger partial charge < -0.3 is 20.6 Å². The maximum Gasteiger partial charge on any atom is 0.490 e. The number of fused-ring (bicyclic) bond motifs is 1. The van der Waals surface area contributed by atoms with Crippen molar-refractivity contribution in [2.45, 2.75) is 42.7 Å². The molecule has 4 rings (SSSR count). The fourth-order valence-corrected chi connectivity index (χ4v) is 4.58. The summed E-state index contributed by atoms with van der Waals surface area (Å²) in [4.78, 5) is 32.3. The monoisotopic (exact) mass is 599 g/mol. The summed E-state index contributed by atoms with van der Waals surface area (Å²) in [5.74, 6) is -0.803. The summed E-state index contributed by atoms with van der Waals surface area (Å²) in [6.45, 7) is 0.665. The lowest BCUT2D eigenvalue weighted by atomic mass is 9.86. The summed E-state index contributed by atoms with van der Waals surface area (Å²) in [5.41, 5.74) is 2.25. The number of aliphatic carboxylic acids is 1. The second-order valence-corrected chi connectivity index (χ2v) is 10.7. The van der Waals surface area contributed by atoms with Crippen molar-refractivity contribution in [2.75, 3.05) is 30.9 Å². The van der Waals surface area contributed by atoms with Crippen LogP contribution < -0.4 is 15.5 Å². The van der Waals surface area contributed by atoms with Crippen LogP contribution in [0.3, 0.4) is 0 Å². The summed E-state index contributed by atoms with van der Waals surface area (Å²) >= 11 is 11.8. The fraction of sp³-hybridized carbons (Fsp3) is 0.407. The van der Waals surface area contributed by atoms with Crippen LogP contribution in [0.15, 0.2) is 48.5 Å². The first-order valence-corrected chi connectivity index (χ1v) is 13.4. The lowest BCUT2D eigenvalue weighted by Crippen LogP contribution is -2.34. The van der Waals surface area contributed by atoms with Crippen molar-refractivity contribution in [3.8, 4) is 0 Å². The maximum absolute atomic E-state index is 12.5. The first kappa shape index (κ1) is 31.2. The molecule has 0 spiro atoms. The van der Waals surface area contributed by atoms with E-state index in [1.807, 2.05) is 49.3 Å². The number of hydrogen-bond acceptors (Lipinski definition) is 6. The smallest absolute Gasteiger partial charge is 0.475 e. The van der Waals surface area contributed by atoms with Gasteiger partial charge in [-0.05, 0) is 61.4 Å². The molecule has 1 amide bonds. The number of rotatable bonds is 7. The molecule has 0 saturated heterocycles. The van der Waals surface area contributed by atoms with Crippen molar-refractivity contribution in [3.05, 3.63) is 59.7 Å². The van der Waals surface area contributed by atoms with Crippen LogP contribution in [0.25, 0.3) is 10.9 Å². The number of carbonyl (C=O) groups is 2. The second-order valence-electron chi connectivity index (χ2n) is 9.58. The minimum atomic E-state index is -5.08. The van der Waals surface area contributed by atoms with Gasteiger partial charge in [0.1, 0.15) is 10.7 Å². The number of nitrogens with zero attached hydrogens (tertiary/aromatic N) is 3. The Hall–Kier alpha value is -3.31. The molecule has 1 aliphatic rings. The quantitative estimate of drug-likeness (QED) is 0.277. The lowest BCUT2D eigenvalue weighted by molar-refractivity contribution is -0.192. The number of halogens is 5. The van der Waals surface area contributed by atoms with E-state index in [1.165, 1.54) is 0 Å². The molecule has 2 aromatic carbocycles. The highest BCUT2D eigenvalue weighted by atomic mass is 35.5. The van der Waals surface area contributed by atoms with Gasteiger partial charge in [-0.1, -0.05) is 24.3 Å². The molecule has 1 fully saturated rings. The maximum atomic E-state index is 12.5. The molecule has 3 N–H and O–H groups in total. The number of carbonyl (C=O) groups excluding carboxylic acids is 1. The third-order valence-corrected chi connectivity index (χ3v) is 6.89. The summed E-state index contributed by atoms with van der Waals surface area (Å²) in [7, 11) is 4.00. The first-order chi connectivity index (χ1) is 18.8. The van der Waals surface area contributed by atoms with Gasteiger partial charge in [-0.2, -0.15) is 18.2 Å². The Morgan fingerprint density at radius 2 is 1.70 bits per heavy atom. The highest BCUT2D eigenvalue weighted by molar-refractivity contribution is 6.44. The van der Waals surface area contributed by atoms with Crippen molar-refractivity contribution >= 4 is 57.7 Å². The Balaban J connectivity index is 0.000000559. The van der Waals surface area contributed by atoms with Gasteiger partial charge in [0.15, 0.2) is 0 Å². The molecule has 8 nitrogen and oxygen atoms in total. The van der Waals surface area contributed by atoms with Crippen LogP contribution in [0.2, 0.25) is 0 Å². The predicted octanol–water partition coefficient (Wildman–Crippen LogP) is 6.21. The molecule has 1 aliphatic carbocycles. The standard InChI is InChI=1S/C25H29Cl2N5O.C2HF3O2/c1-32(2)23-20-8-3-4-9-21(20)30-25(31-23)29-19-12-10-16(11-13-19)15-28-24(33)18-7-5-6-17(14-18)22(26)27;3-2(4,5)1(6)7/h3-9,14,16,19,22H,10-13,15H2,1-2H3,(H,28,33)(H,29,30,31);(H,6,7). The van der Waals surface area contributed by atoms with Crippen LogP contribution in [0.1, 0.15) is 46.4 Å². The van der Waals surface area contributed by atoms with E-state index in [9.17, 15) is 18.0 Å². The van der Waals surface area contributed by atoms with E-state index in [-0.39, 0.29) is 5.91 Å². The average molecular weight is 600 g/mol. The lowest BCUT2D eigenvalue weighted by Gasteiger charge is -2.29.